The zero-order chi connectivity index (χ0) is 33.5. The number of rotatable bonds is 8. The summed E-state index contributed by atoms with van der Waals surface area (Å²) in [4.78, 5) is 44.4. The van der Waals surface area contributed by atoms with Crippen molar-refractivity contribution in [3.05, 3.63) is 119 Å². The summed E-state index contributed by atoms with van der Waals surface area (Å²) in [6.07, 6.45) is 2.23. The minimum absolute atomic E-state index is 0.247. The van der Waals surface area contributed by atoms with Gasteiger partial charge in [0.25, 0.3) is 0 Å². The van der Waals surface area contributed by atoms with E-state index in [1.807, 2.05) is 11.8 Å². The van der Waals surface area contributed by atoms with Gasteiger partial charge in [-0.1, -0.05) is 60.7 Å². The first-order chi connectivity index (χ1) is 22.1. The summed E-state index contributed by atoms with van der Waals surface area (Å²) in [6.45, 7) is 5.10. The maximum absolute atomic E-state index is 9.55. The van der Waals surface area contributed by atoms with Crippen LogP contribution in [-0.4, -0.2) is 93.6 Å². The highest BCUT2D eigenvalue weighted by molar-refractivity contribution is 7.98. The maximum Gasteiger partial charge on any atom is 0.328 e. The van der Waals surface area contributed by atoms with E-state index in [1.54, 1.807) is 0 Å². The molecule has 0 spiro atoms. The first-order valence-electron chi connectivity index (χ1n) is 14.3. The van der Waals surface area contributed by atoms with Gasteiger partial charge in [-0.25, -0.2) is 19.2 Å². The number of aliphatic hydroxyl groups excluding tert-OH is 1. The molecule has 0 saturated carbocycles. The molecule has 2 heterocycles. The number of nitrogens with zero attached hydrogens (tertiary/aromatic N) is 2. The second-order valence-corrected chi connectivity index (χ2v) is 11.1. The lowest BCUT2D eigenvalue weighted by atomic mass is 9.83. The van der Waals surface area contributed by atoms with Crippen molar-refractivity contribution >= 4 is 41.3 Å². The Morgan fingerprint density at radius 3 is 1.78 bits per heavy atom. The second kappa shape index (κ2) is 18.2. The van der Waals surface area contributed by atoms with Crippen LogP contribution in [0.5, 0.6) is 0 Å². The summed E-state index contributed by atoms with van der Waals surface area (Å²) in [5.41, 5.74) is 6.97. The van der Waals surface area contributed by atoms with E-state index in [2.05, 4.69) is 82.6 Å². The molecular formula is C34H36N2O9S. The lowest BCUT2D eigenvalue weighted by Gasteiger charge is -2.36. The number of aliphatic hydroxyl groups is 1. The largest absolute Gasteiger partial charge is 0.478 e. The SMILES string of the molecule is O=C(O)/C=C/C(=O)O.O=C(O)/C=C/C(=O)O.OCCN1CCN(c2ccc3c(c2)SCc2ccccc2C3c2ccccc2)CC1. The van der Waals surface area contributed by atoms with E-state index in [0.29, 0.717) is 24.3 Å². The molecule has 2 aliphatic heterocycles. The Kier molecular flexibility index (Phi) is 14.0. The predicted octanol–water partition coefficient (Wildman–Crippen LogP) is 4.01. The smallest absolute Gasteiger partial charge is 0.328 e. The average Bonchev–Trinajstić information content (AvgIpc) is 3.21. The molecule has 0 radical (unpaired) electrons. The minimum Gasteiger partial charge on any atom is -0.478 e. The summed E-state index contributed by atoms with van der Waals surface area (Å²) >= 11 is 1.97. The van der Waals surface area contributed by atoms with Gasteiger partial charge >= 0.3 is 23.9 Å². The standard InChI is InChI=1S/C26H28N2OS.2C4H4O4/c29-17-16-27-12-14-28(15-13-27)22-10-11-24-25(18-22)30-19-21-8-4-5-9-23(21)26(24)20-6-2-1-3-7-20;2*5-3(6)1-2-4(7)8/h1-11,18,26,29H,12-17,19H2;2*1-2H,(H,5,6)(H,7,8)/b;2*2-1+. The van der Waals surface area contributed by atoms with Crippen molar-refractivity contribution < 1.29 is 44.7 Å². The van der Waals surface area contributed by atoms with Gasteiger partial charge in [0.2, 0.25) is 0 Å². The molecule has 242 valence electrons. The fourth-order valence-corrected chi connectivity index (χ4v) is 6.14. The zero-order valence-electron chi connectivity index (χ0n) is 24.9. The van der Waals surface area contributed by atoms with E-state index in [0.717, 1.165) is 38.5 Å². The molecule has 3 aromatic rings. The fraction of sp³-hybridized carbons (Fsp3) is 0.235. The number of carboxylic acids is 4. The van der Waals surface area contributed by atoms with E-state index in [9.17, 15) is 24.3 Å². The molecule has 3 aromatic carbocycles. The van der Waals surface area contributed by atoms with Crippen LogP contribution in [0, 0.1) is 0 Å². The lowest BCUT2D eigenvalue weighted by Crippen LogP contribution is -2.47. The topological polar surface area (TPSA) is 176 Å². The summed E-state index contributed by atoms with van der Waals surface area (Å²) < 4.78 is 0. The van der Waals surface area contributed by atoms with Gasteiger partial charge in [0.05, 0.1) is 6.61 Å². The van der Waals surface area contributed by atoms with E-state index < -0.39 is 23.9 Å². The highest BCUT2D eigenvalue weighted by atomic mass is 32.2. The molecule has 1 fully saturated rings. The van der Waals surface area contributed by atoms with Crippen molar-refractivity contribution in [2.75, 3.05) is 44.2 Å². The first kappa shape index (κ1) is 35.6. The van der Waals surface area contributed by atoms with Crippen LogP contribution in [0.4, 0.5) is 5.69 Å². The number of thioether (sulfide) groups is 1. The van der Waals surface area contributed by atoms with Crippen LogP contribution in [0.3, 0.4) is 0 Å². The molecule has 12 heteroatoms. The number of benzene rings is 3. The Bertz CT molecular complexity index is 1490. The number of hydrogen-bond donors (Lipinski definition) is 5. The van der Waals surface area contributed by atoms with Crippen molar-refractivity contribution in [2.45, 2.75) is 16.6 Å². The van der Waals surface area contributed by atoms with Crippen LogP contribution in [0.2, 0.25) is 0 Å². The molecule has 1 atom stereocenters. The normalized spacial score (nSPS) is 15.8. The highest BCUT2D eigenvalue weighted by Gasteiger charge is 2.26. The van der Waals surface area contributed by atoms with Crippen molar-refractivity contribution in [3.8, 4) is 0 Å². The molecule has 0 aromatic heterocycles. The number of hydrogen-bond acceptors (Lipinski definition) is 8. The first-order valence-corrected chi connectivity index (χ1v) is 15.3. The number of aliphatic carboxylic acids is 4. The Balaban J connectivity index is 0.000000299. The van der Waals surface area contributed by atoms with Crippen LogP contribution in [0.25, 0.3) is 0 Å². The van der Waals surface area contributed by atoms with Crippen molar-refractivity contribution in [1.82, 2.24) is 4.90 Å². The van der Waals surface area contributed by atoms with Gasteiger partial charge in [0.1, 0.15) is 0 Å². The maximum atomic E-state index is 9.55. The quantitative estimate of drug-likeness (QED) is 0.222. The van der Waals surface area contributed by atoms with Gasteiger partial charge in [0, 0.05) is 79.3 Å². The summed E-state index contributed by atoms with van der Waals surface area (Å²) in [5.74, 6) is -3.73. The summed E-state index contributed by atoms with van der Waals surface area (Å²) in [7, 11) is 0. The Labute approximate surface area is 270 Å². The molecule has 5 rings (SSSR count). The number of fused-ring (bicyclic) bond motifs is 2. The van der Waals surface area contributed by atoms with E-state index >= 15 is 0 Å². The molecule has 46 heavy (non-hydrogen) atoms. The van der Waals surface area contributed by atoms with Gasteiger partial charge in [-0.2, -0.15) is 0 Å². The fourth-order valence-electron chi connectivity index (χ4n) is 5.01. The van der Waals surface area contributed by atoms with E-state index in [-0.39, 0.29) is 12.5 Å². The third-order valence-electron chi connectivity index (χ3n) is 7.08. The minimum atomic E-state index is -1.26. The Hall–Kier alpha value is -4.91. The van der Waals surface area contributed by atoms with Crippen LogP contribution in [0.15, 0.2) is 102 Å². The van der Waals surface area contributed by atoms with E-state index in [1.165, 1.54) is 32.8 Å². The lowest BCUT2D eigenvalue weighted by molar-refractivity contribution is -0.134. The average molecular weight is 649 g/mol. The van der Waals surface area contributed by atoms with Crippen molar-refractivity contribution in [3.63, 3.8) is 0 Å². The number of piperazine rings is 1. The van der Waals surface area contributed by atoms with Crippen LogP contribution < -0.4 is 4.90 Å². The number of β-amino-alcohol motifs (C(OH)–C–C–N with tert-alkyl or cyclic N) is 1. The molecule has 5 N–H and O–H groups in total. The molecular weight excluding hydrogens is 612 g/mol. The molecule has 1 saturated heterocycles. The second-order valence-electron chi connectivity index (χ2n) is 10.1. The predicted molar refractivity (Wildman–Crippen MR) is 174 cm³/mol. The third kappa shape index (κ3) is 11.2. The Morgan fingerprint density at radius 1 is 0.696 bits per heavy atom. The van der Waals surface area contributed by atoms with Gasteiger partial charge < -0.3 is 30.4 Å². The third-order valence-corrected chi connectivity index (χ3v) is 8.20. The number of carbonyl (C=O) groups is 4. The van der Waals surface area contributed by atoms with Gasteiger partial charge in [0.15, 0.2) is 0 Å². The summed E-state index contributed by atoms with van der Waals surface area (Å²) in [5, 5.41) is 40.4. The Morgan fingerprint density at radius 2 is 1.24 bits per heavy atom. The zero-order valence-corrected chi connectivity index (χ0v) is 25.8. The molecule has 1 unspecified atom stereocenters. The molecule has 0 aliphatic carbocycles. The molecule has 2 aliphatic rings. The number of anilines is 1. The van der Waals surface area contributed by atoms with Crippen LogP contribution in [0.1, 0.15) is 28.2 Å². The van der Waals surface area contributed by atoms with E-state index in [4.69, 9.17) is 20.4 Å². The van der Waals surface area contributed by atoms with Crippen molar-refractivity contribution in [2.24, 2.45) is 0 Å². The highest BCUT2D eigenvalue weighted by Crippen LogP contribution is 2.45. The van der Waals surface area contributed by atoms with Crippen molar-refractivity contribution in [1.29, 1.82) is 0 Å². The molecule has 0 amide bonds. The van der Waals surface area contributed by atoms with Crippen LogP contribution >= 0.6 is 11.8 Å². The van der Waals surface area contributed by atoms with Gasteiger partial charge in [-0.05, 0) is 34.4 Å². The monoisotopic (exact) mass is 648 g/mol. The van der Waals surface area contributed by atoms with Crippen LogP contribution in [-0.2, 0) is 24.9 Å². The summed E-state index contributed by atoms with van der Waals surface area (Å²) in [6, 6.07) is 26.9. The van der Waals surface area contributed by atoms with Gasteiger partial charge in [-0.3, -0.25) is 4.90 Å². The van der Waals surface area contributed by atoms with Gasteiger partial charge in [-0.15, -0.1) is 11.8 Å². The molecule has 0 bridgehead atoms. The molecule has 11 nitrogen and oxygen atoms in total. The number of carboxylic acid groups (broad SMARTS) is 4.